The third kappa shape index (κ3) is 3.67. The van der Waals surface area contributed by atoms with Crippen LogP contribution in [0.1, 0.15) is 13.8 Å². The molecule has 0 saturated carbocycles. The predicted molar refractivity (Wildman–Crippen MR) is 40.2 cm³/mol. The lowest BCUT2D eigenvalue weighted by Crippen LogP contribution is -2.41. The molecule has 4 nitrogen and oxygen atoms in total. The normalized spacial score (nSPS) is 15.0. The fraction of sp³-hybridized carbons (Fsp3) is 1.00. The first kappa shape index (κ1) is 10.8. The molecule has 0 aromatic carbocycles. The van der Waals surface area contributed by atoms with Crippen LogP contribution >= 0.6 is 0 Å². The van der Waals surface area contributed by atoms with Crippen LogP contribution in [0.2, 0.25) is 0 Å². The molecule has 0 saturated heterocycles. The number of aliphatic hydroxyl groups excluding tert-OH is 3. The molecular weight excluding hydrogens is 148 g/mol. The topological polar surface area (TPSA) is 69.9 Å². The zero-order valence-corrected chi connectivity index (χ0v) is 6.95. The molecule has 0 aromatic heterocycles. The van der Waals surface area contributed by atoms with Gasteiger partial charge in [0.2, 0.25) is 0 Å². The highest BCUT2D eigenvalue weighted by Crippen LogP contribution is 2.10. The summed E-state index contributed by atoms with van der Waals surface area (Å²) < 4.78 is 5.14. The van der Waals surface area contributed by atoms with Crippen molar-refractivity contribution in [3.8, 4) is 0 Å². The van der Waals surface area contributed by atoms with Gasteiger partial charge in [0.1, 0.15) is 5.60 Å². The first-order chi connectivity index (χ1) is 5.08. The van der Waals surface area contributed by atoms with Crippen LogP contribution in [0.3, 0.4) is 0 Å². The van der Waals surface area contributed by atoms with Gasteiger partial charge < -0.3 is 20.1 Å². The summed E-state index contributed by atoms with van der Waals surface area (Å²) in [5.74, 6) is 0. The van der Waals surface area contributed by atoms with Crippen LogP contribution < -0.4 is 0 Å². The van der Waals surface area contributed by atoms with Crippen molar-refractivity contribution in [2.75, 3.05) is 19.8 Å². The smallest absolute Gasteiger partial charge is 0.112 e. The molecule has 0 unspecified atom stereocenters. The summed E-state index contributed by atoms with van der Waals surface area (Å²) in [4.78, 5) is 0. The monoisotopic (exact) mass is 164 g/mol. The minimum absolute atomic E-state index is 0.115. The van der Waals surface area contributed by atoms with E-state index in [9.17, 15) is 0 Å². The zero-order valence-electron chi connectivity index (χ0n) is 6.95. The maximum absolute atomic E-state index is 8.76. The van der Waals surface area contributed by atoms with Crippen LogP contribution in [0.4, 0.5) is 0 Å². The lowest BCUT2D eigenvalue weighted by molar-refractivity contribution is -0.137. The molecule has 1 atom stereocenters. The maximum atomic E-state index is 8.76. The van der Waals surface area contributed by atoms with Gasteiger partial charge in [-0.15, -0.1) is 0 Å². The van der Waals surface area contributed by atoms with E-state index in [4.69, 9.17) is 20.1 Å². The SMILES string of the molecule is C[C@@H](CO)OC(C)(CO)CO. The Morgan fingerprint density at radius 2 is 1.73 bits per heavy atom. The summed E-state index contributed by atoms with van der Waals surface area (Å²) in [6.45, 7) is 2.62. The van der Waals surface area contributed by atoms with E-state index in [0.717, 1.165) is 0 Å². The average molecular weight is 164 g/mol. The van der Waals surface area contributed by atoms with Crippen molar-refractivity contribution in [1.29, 1.82) is 0 Å². The van der Waals surface area contributed by atoms with Crippen molar-refractivity contribution in [3.05, 3.63) is 0 Å². The molecule has 0 rings (SSSR count). The van der Waals surface area contributed by atoms with E-state index in [1.165, 1.54) is 0 Å². The van der Waals surface area contributed by atoms with Gasteiger partial charge in [0.25, 0.3) is 0 Å². The molecule has 11 heavy (non-hydrogen) atoms. The first-order valence-corrected chi connectivity index (χ1v) is 3.58. The second-order valence-electron chi connectivity index (χ2n) is 2.88. The minimum atomic E-state index is -0.942. The molecule has 0 aliphatic heterocycles. The van der Waals surface area contributed by atoms with Crippen LogP contribution in [0.15, 0.2) is 0 Å². The Balaban J connectivity index is 3.86. The van der Waals surface area contributed by atoms with Gasteiger partial charge in [0, 0.05) is 0 Å². The maximum Gasteiger partial charge on any atom is 0.112 e. The van der Waals surface area contributed by atoms with E-state index in [1.54, 1.807) is 13.8 Å². The molecule has 0 spiro atoms. The number of ether oxygens (including phenoxy) is 1. The van der Waals surface area contributed by atoms with Crippen molar-refractivity contribution in [2.24, 2.45) is 0 Å². The molecule has 0 fully saturated rings. The van der Waals surface area contributed by atoms with Crippen LogP contribution in [-0.4, -0.2) is 46.8 Å². The molecule has 0 amide bonds. The lowest BCUT2D eigenvalue weighted by Gasteiger charge is -2.28. The Morgan fingerprint density at radius 3 is 2.00 bits per heavy atom. The average Bonchev–Trinajstić information content (AvgIpc) is 2.04. The Labute approximate surface area is 66.4 Å². The zero-order chi connectivity index (χ0) is 8.91. The second-order valence-corrected chi connectivity index (χ2v) is 2.88. The highest BCUT2D eigenvalue weighted by atomic mass is 16.5. The van der Waals surface area contributed by atoms with Gasteiger partial charge in [-0.05, 0) is 13.8 Å². The Kier molecular flexibility index (Phi) is 4.60. The standard InChI is InChI=1S/C7H16O4/c1-6(3-8)11-7(2,4-9)5-10/h6,8-10H,3-5H2,1-2H3/t6-/m0/s1. The first-order valence-electron chi connectivity index (χ1n) is 3.58. The Bertz CT molecular complexity index is 101. The van der Waals surface area contributed by atoms with Crippen LogP contribution in [0, 0.1) is 0 Å². The highest BCUT2D eigenvalue weighted by molar-refractivity contribution is 4.73. The lowest BCUT2D eigenvalue weighted by atomic mass is 10.1. The van der Waals surface area contributed by atoms with Crippen LogP contribution in [-0.2, 0) is 4.74 Å². The van der Waals surface area contributed by atoms with E-state index in [-0.39, 0.29) is 25.9 Å². The molecule has 3 N–H and O–H groups in total. The van der Waals surface area contributed by atoms with Gasteiger partial charge in [-0.25, -0.2) is 0 Å². The van der Waals surface area contributed by atoms with Crippen molar-refractivity contribution in [1.82, 2.24) is 0 Å². The summed E-state index contributed by atoms with van der Waals surface area (Å²) in [6.07, 6.45) is -0.362. The molecule has 0 bridgehead atoms. The van der Waals surface area contributed by atoms with Crippen molar-refractivity contribution in [3.63, 3.8) is 0 Å². The fourth-order valence-electron chi connectivity index (χ4n) is 0.648. The molecule has 4 heteroatoms. The van der Waals surface area contributed by atoms with Crippen molar-refractivity contribution >= 4 is 0 Å². The predicted octanol–water partition coefficient (Wildman–Crippen LogP) is -0.873. The summed E-state index contributed by atoms with van der Waals surface area (Å²) >= 11 is 0. The molecule has 0 radical (unpaired) electrons. The van der Waals surface area contributed by atoms with Gasteiger partial charge in [0.05, 0.1) is 25.9 Å². The molecule has 68 valence electrons. The molecular formula is C7H16O4. The van der Waals surface area contributed by atoms with Crippen LogP contribution in [0.25, 0.3) is 0 Å². The van der Waals surface area contributed by atoms with E-state index < -0.39 is 5.60 Å². The van der Waals surface area contributed by atoms with Gasteiger partial charge in [-0.2, -0.15) is 0 Å². The van der Waals surface area contributed by atoms with Gasteiger partial charge in [0.15, 0.2) is 0 Å². The Morgan fingerprint density at radius 1 is 1.27 bits per heavy atom. The molecule has 0 aromatic rings. The molecule has 0 aliphatic rings. The van der Waals surface area contributed by atoms with E-state index in [0.29, 0.717) is 0 Å². The van der Waals surface area contributed by atoms with Gasteiger partial charge >= 0.3 is 0 Å². The third-order valence-corrected chi connectivity index (χ3v) is 1.41. The minimum Gasteiger partial charge on any atom is -0.394 e. The molecule has 0 aliphatic carbocycles. The van der Waals surface area contributed by atoms with Crippen LogP contribution in [0.5, 0.6) is 0 Å². The van der Waals surface area contributed by atoms with E-state index >= 15 is 0 Å². The summed E-state index contributed by atoms with van der Waals surface area (Å²) in [5.41, 5.74) is -0.942. The fourth-order valence-corrected chi connectivity index (χ4v) is 0.648. The third-order valence-electron chi connectivity index (χ3n) is 1.41. The van der Waals surface area contributed by atoms with Gasteiger partial charge in [-0.1, -0.05) is 0 Å². The summed E-state index contributed by atoms with van der Waals surface area (Å²) in [5, 5.41) is 26.1. The number of rotatable bonds is 5. The quantitative estimate of drug-likeness (QED) is 0.494. The number of hydrogen-bond acceptors (Lipinski definition) is 4. The largest absolute Gasteiger partial charge is 0.394 e. The van der Waals surface area contributed by atoms with Crippen molar-refractivity contribution < 1.29 is 20.1 Å². The number of hydrogen-bond donors (Lipinski definition) is 3. The van der Waals surface area contributed by atoms with E-state index in [2.05, 4.69) is 0 Å². The Hall–Kier alpha value is -0.160. The summed E-state index contributed by atoms with van der Waals surface area (Å²) in [6, 6.07) is 0. The van der Waals surface area contributed by atoms with Crippen molar-refractivity contribution in [2.45, 2.75) is 25.6 Å². The second kappa shape index (κ2) is 4.66. The number of aliphatic hydroxyl groups is 3. The molecule has 0 heterocycles. The highest BCUT2D eigenvalue weighted by Gasteiger charge is 2.25. The van der Waals surface area contributed by atoms with Gasteiger partial charge in [-0.3, -0.25) is 0 Å². The van der Waals surface area contributed by atoms with E-state index in [1.807, 2.05) is 0 Å². The summed E-state index contributed by atoms with van der Waals surface area (Å²) in [7, 11) is 0.